The molecule has 1 aromatic heterocycles. The minimum atomic E-state index is -3.20. The molecule has 0 aliphatic rings. The highest BCUT2D eigenvalue weighted by atomic mass is 32.2. The van der Waals surface area contributed by atoms with Crippen molar-refractivity contribution in [3.05, 3.63) is 18.0 Å². The fourth-order valence-corrected chi connectivity index (χ4v) is 3.02. The highest BCUT2D eigenvalue weighted by molar-refractivity contribution is 7.88. The molecule has 1 unspecified atom stereocenters. The molecule has 0 amide bonds. The minimum absolute atomic E-state index is 0.395. The van der Waals surface area contributed by atoms with Crippen LogP contribution in [0.1, 0.15) is 45.9 Å². The zero-order valence-corrected chi connectivity index (χ0v) is 13.8. The molecule has 0 bridgehead atoms. The van der Waals surface area contributed by atoms with Crippen molar-refractivity contribution in [2.45, 2.75) is 52.2 Å². The third-order valence-electron chi connectivity index (χ3n) is 3.04. The molecule has 1 rings (SSSR count). The summed E-state index contributed by atoms with van der Waals surface area (Å²) in [6.07, 6.45) is 4.19. The summed E-state index contributed by atoms with van der Waals surface area (Å²) in [7, 11) is -3.20. The van der Waals surface area contributed by atoms with E-state index in [1.54, 1.807) is 0 Å². The summed E-state index contributed by atoms with van der Waals surface area (Å²) in [5.41, 5.74) is 0.438. The summed E-state index contributed by atoms with van der Waals surface area (Å²) >= 11 is 0. The third kappa shape index (κ3) is 6.02. The van der Waals surface area contributed by atoms with Gasteiger partial charge in [0, 0.05) is 30.9 Å². The molecule has 0 saturated carbocycles. The van der Waals surface area contributed by atoms with Crippen LogP contribution in [0.3, 0.4) is 0 Å². The van der Waals surface area contributed by atoms with Gasteiger partial charge in [-0.15, -0.1) is 0 Å². The molecular formula is C13H26N4O2S. The number of hydrogen-bond acceptors (Lipinski definition) is 4. The van der Waals surface area contributed by atoms with Crippen molar-refractivity contribution >= 4 is 10.0 Å². The van der Waals surface area contributed by atoms with E-state index in [4.69, 9.17) is 0 Å². The minimum Gasteiger partial charge on any atom is -0.309 e. The Hall–Kier alpha value is -0.920. The molecule has 0 aromatic carbocycles. The molecule has 1 atom stereocenters. The second-order valence-corrected chi connectivity index (χ2v) is 7.65. The van der Waals surface area contributed by atoms with Crippen molar-refractivity contribution in [3.8, 4) is 0 Å². The maximum atomic E-state index is 11.2. The molecule has 0 fully saturated rings. The Labute approximate surface area is 122 Å². The van der Waals surface area contributed by atoms with Crippen LogP contribution in [0.4, 0.5) is 0 Å². The summed E-state index contributed by atoms with van der Waals surface area (Å²) in [6.45, 7) is 9.11. The quantitative estimate of drug-likeness (QED) is 0.758. The summed E-state index contributed by atoms with van der Waals surface area (Å²) in [5, 5.41) is 7.72. The molecule has 20 heavy (non-hydrogen) atoms. The maximum absolute atomic E-state index is 11.2. The van der Waals surface area contributed by atoms with Gasteiger partial charge in [-0.25, -0.2) is 13.1 Å². The zero-order valence-electron chi connectivity index (χ0n) is 13.0. The number of sulfonamides is 1. The Kier molecular flexibility index (Phi) is 5.73. The zero-order chi connectivity index (χ0) is 15.4. The van der Waals surface area contributed by atoms with Crippen molar-refractivity contribution in [1.29, 1.82) is 0 Å². The number of nitrogens with one attached hydrogen (secondary N) is 2. The predicted octanol–water partition coefficient (Wildman–Crippen LogP) is 1.27. The van der Waals surface area contributed by atoms with E-state index in [1.807, 2.05) is 30.8 Å². The molecular weight excluding hydrogens is 276 g/mol. The first kappa shape index (κ1) is 17.1. The molecule has 1 aromatic rings. The van der Waals surface area contributed by atoms with Crippen molar-refractivity contribution in [2.24, 2.45) is 0 Å². The molecule has 6 nitrogen and oxygen atoms in total. The summed E-state index contributed by atoms with van der Waals surface area (Å²) < 4.78 is 27.0. The van der Waals surface area contributed by atoms with Crippen molar-refractivity contribution < 1.29 is 8.42 Å². The van der Waals surface area contributed by atoms with E-state index in [0.29, 0.717) is 19.1 Å². The highest BCUT2D eigenvalue weighted by Gasteiger charge is 2.21. The largest absolute Gasteiger partial charge is 0.309 e. The van der Waals surface area contributed by atoms with Gasteiger partial charge >= 0.3 is 0 Å². The van der Waals surface area contributed by atoms with Gasteiger partial charge in [0.2, 0.25) is 10.0 Å². The number of nitrogens with zero attached hydrogens (tertiary/aromatic N) is 2. The smallest absolute Gasteiger partial charge is 0.209 e. The molecule has 116 valence electrons. The van der Waals surface area contributed by atoms with Crippen LogP contribution >= 0.6 is 0 Å². The second-order valence-electron chi connectivity index (χ2n) is 5.91. The van der Waals surface area contributed by atoms with E-state index in [0.717, 1.165) is 12.1 Å². The Bertz CT molecular complexity index is 522. The first-order chi connectivity index (χ1) is 9.13. The average molecular weight is 302 g/mol. The van der Waals surface area contributed by atoms with Crippen molar-refractivity contribution in [2.75, 3.05) is 12.8 Å². The normalized spacial score (nSPS) is 14.4. The van der Waals surface area contributed by atoms with Gasteiger partial charge in [-0.05, 0) is 33.3 Å². The SMILES string of the molecule is CCC(C)n1ccc(CNCC(C)(C)NS(C)(=O)=O)n1. The van der Waals surface area contributed by atoms with Crippen LogP contribution < -0.4 is 10.0 Å². The topological polar surface area (TPSA) is 76.0 Å². The van der Waals surface area contributed by atoms with Gasteiger partial charge in [0.05, 0.1) is 11.9 Å². The van der Waals surface area contributed by atoms with Crippen LogP contribution in [0.2, 0.25) is 0 Å². The van der Waals surface area contributed by atoms with Gasteiger partial charge in [-0.3, -0.25) is 4.68 Å². The van der Waals surface area contributed by atoms with Crippen LogP contribution in [-0.2, 0) is 16.6 Å². The Balaban J connectivity index is 2.46. The Morgan fingerprint density at radius 2 is 2.10 bits per heavy atom. The molecule has 0 radical (unpaired) electrons. The van der Waals surface area contributed by atoms with Crippen LogP contribution in [0.25, 0.3) is 0 Å². The lowest BCUT2D eigenvalue weighted by atomic mass is 10.1. The Morgan fingerprint density at radius 1 is 1.45 bits per heavy atom. The van der Waals surface area contributed by atoms with E-state index < -0.39 is 15.6 Å². The van der Waals surface area contributed by atoms with E-state index in [2.05, 4.69) is 29.0 Å². The fraction of sp³-hybridized carbons (Fsp3) is 0.769. The lowest BCUT2D eigenvalue weighted by molar-refractivity contribution is 0.417. The van der Waals surface area contributed by atoms with E-state index in [1.165, 1.54) is 6.26 Å². The van der Waals surface area contributed by atoms with E-state index >= 15 is 0 Å². The fourth-order valence-electron chi connectivity index (χ4n) is 1.95. The average Bonchev–Trinajstić information content (AvgIpc) is 2.73. The van der Waals surface area contributed by atoms with Gasteiger partial charge in [-0.1, -0.05) is 6.92 Å². The first-order valence-corrected chi connectivity index (χ1v) is 8.76. The Morgan fingerprint density at radius 3 is 2.65 bits per heavy atom. The van der Waals surface area contributed by atoms with Gasteiger partial charge < -0.3 is 5.32 Å². The number of aromatic nitrogens is 2. The molecule has 7 heteroatoms. The summed E-state index contributed by atoms with van der Waals surface area (Å²) in [4.78, 5) is 0. The van der Waals surface area contributed by atoms with Crippen molar-refractivity contribution in [1.82, 2.24) is 19.8 Å². The van der Waals surface area contributed by atoms with Crippen LogP contribution in [-0.4, -0.2) is 36.5 Å². The van der Waals surface area contributed by atoms with Crippen LogP contribution in [0.15, 0.2) is 12.3 Å². The lowest BCUT2D eigenvalue weighted by Gasteiger charge is -2.25. The third-order valence-corrected chi connectivity index (χ3v) is 3.96. The molecule has 1 heterocycles. The van der Waals surface area contributed by atoms with Gasteiger partial charge in [-0.2, -0.15) is 5.10 Å². The maximum Gasteiger partial charge on any atom is 0.209 e. The van der Waals surface area contributed by atoms with Crippen LogP contribution in [0, 0.1) is 0 Å². The lowest BCUT2D eigenvalue weighted by Crippen LogP contribution is -2.49. The molecule has 0 spiro atoms. The molecule has 0 aliphatic carbocycles. The van der Waals surface area contributed by atoms with Crippen LogP contribution in [0.5, 0.6) is 0 Å². The predicted molar refractivity (Wildman–Crippen MR) is 81.0 cm³/mol. The van der Waals surface area contributed by atoms with Gasteiger partial charge in [0.1, 0.15) is 0 Å². The van der Waals surface area contributed by atoms with E-state index in [-0.39, 0.29) is 0 Å². The number of hydrogen-bond donors (Lipinski definition) is 2. The summed E-state index contributed by atoms with van der Waals surface area (Å²) in [5.74, 6) is 0. The first-order valence-electron chi connectivity index (χ1n) is 6.86. The second kappa shape index (κ2) is 6.69. The standard InChI is InChI=1S/C13H26N4O2S/c1-6-11(2)17-8-7-12(15-17)9-14-10-13(3,4)16-20(5,18)19/h7-8,11,14,16H,6,9-10H2,1-5H3. The molecule has 0 saturated heterocycles. The highest BCUT2D eigenvalue weighted by Crippen LogP contribution is 2.09. The van der Waals surface area contributed by atoms with Gasteiger partial charge in [0.25, 0.3) is 0 Å². The van der Waals surface area contributed by atoms with Crippen molar-refractivity contribution in [3.63, 3.8) is 0 Å². The number of rotatable bonds is 8. The van der Waals surface area contributed by atoms with E-state index in [9.17, 15) is 8.42 Å². The van der Waals surface area contributed by atoms with Gasteiger partial charge in [0.15, 0.2) is 0 Å². The summed E-state index contributed by atoms with van der Waals surface area (Å²) in [6, 6.07) is 2.38. The monoisotopic (exact) mass is 302 g/mol. The molecule has 0 aliphatic heterocycles. The molecule has 2 N–H and O–H groups in total.